The zero-order valence-electron chi connectivity index (χ0n) is 17.6. The van der Waals surface area contributed by atoms with Gasteiger partial charge in [-0.05, 0) is 43.0 Å². The molecule has 0 bridgehead atoms. The van der Waals surface area contributed by atoms with Crippen molar-refractivity contribution in [2.45, 2.75) is 25.4 Å². The molecule has 0 saturated carbocycles. The minimum Gasteiger partial charge on any atom is -0.325 e. The van der Waals surface area contributed by atoms with Crippen LogP contribution in [-0.2, 0) is 18.3 Å². The smallest absolute Gasteiger partial charge is 0.262 e. The molecule has 2 heterocycles. The SMILES string of the molecule is Cc1sc2nc(SCC(=O)Nc3ccccc3Cc3ccccc3)n(C)c(=O)c2c1C. The number of benzene rings is 2. The monoisotopic (exact) mass is 449 g/mol. The number of fused-ring (bicyclic) bond motifs is 1. The van der Waals surface area contributed by atoms with Crippen molar-refractivity contribution in [2.75, 3.05) is 11.1 Å². The maximum absolute atomic E-state index is 12.8. The average Bonchev–Trinajstić information content (AvgIpc) is 3.05. The number of amides is 1. The molecule has 5 nitrogen and oxygen atoms in total. The molecule has 0 unspecified atom stereocenters. The van der Waals surface area contributed by atoms with Gasteiger partial charge in [0.1, 0.15) is 4.83 Å². The van der Waals surface area contributed by atoms with Crippen LogP contribution in [0.25, 0.3) is 10.2 Å². The molecule has 0 saturated heterocycles. The zero-order valence-corrected chi connectivity index (χ0v) is 19.3. The Balaban J connectivity index is 1.48. The molecule has 0 atom stereocenters. The highest BCUT2D eigenvalue weighted by Gasteiger charge is 2.16. The summed E-state index contributed by atoms with van der Waals surface area (Å²) in [4.78, 5) is 31.9. The lowest BCUT2D eigenvalue weighted by molar-refractivity contribution is -0.113. The fraction of sp³-hybridized carbons (Fsp3) is 0.208. The molecule has 2 aromatic heterocycles. The minimum absolute atomic E-state index is 0.0667. The predicted molar refractivity (Wildman–Crippen MR) is 129 cm³/mol. The van der Waals surface area contributed by atoms with Crippen molar-refractivity contribution in [1.82, 2.24) is 9.55 Å². The van der Waals surface area contributed by atoms with E-state index in [1.54, 1.807) is 7.05 Å². The predicted octanol–water partition coefficient (Wildman–Crippen LogP) is 4.93. The van der Waals surface area contributed by atoms with Crippen LogP contribution in [0.2, 0.25) is 0 Å². The zero-order chi connectivity index (χ0) is 22.0. The van der Waals surface area contributed by atoms with Gasteiger partial charge in [0.2, 0.25) is 5.91 Å². The minimum atomic E-state index is -0.126. The number of anilines is 1. The molecule has 158 valence electrons. The van der Waals surface area contributed by atoms with Gasteiger partial charge in [-0.25, -0.2) is 4.98 Å². The Morgan fingerprint density at radius 3 is 2.58 bits per heavy atom. The number of para-hydroxylation sites is 1. The van der Waals surface area contributed by atoms with Crippen LogP contribution in [-0.4, -0.2) is 21.2 Å². The van der Waals surface area contributed by atoms with E-state index in [9.17, 15) is 9.59 Å². The van der Waals surface area contributed by atoms with Gasteiger partial charge in [0.15, 0.2) is 5.16 Å². The van der Waals surface area contributed by atoms with E-state index >= 15 is 0 Å². The summed E-state index contributed by atoms with van der Waals surface area (Å²) in [6, 6.07) is 18.0. The molecular weight excluding hydrogens is 426 g/mol. The van der Waals surface area contributed by atoms with Crippen LogP contribution in [0.3, 0.4) is 0 Å². The van der Waals surface area contributed by atoms with Crippen LogP contribution < -0.4 is 10.9 Å². The summed E-state index contributed by atoms with van der Waals surface area (Å²) < 4.78 is 1.53. The largest absolute Gasteiger partial charge is 0.325 e. The number of nitrogens with zero attached hydrogens (tertiary/aromatic N) is 2. The molecule has 0 radical (unpaired) electrons. The van der Waals surface area contributed by atoms with Crippen LogP contribution >= 0.6 is 23.1 Å². The summed E-state index contributed by atoms with van der Waals surface area (Å²) in [6.45, 7) is 3.94. The number of carbonyl (C=O) groups excluding carboxylic acids is 1. The number of nitrogens with one attached hydrogen (secondary N) is 1. The van der Waals surface area contributed by atoms with Crippen molar-refractivity contribution in [2.24, 2.45) is 7.05 Å². The van der Waals surface area contributed by atoms with Crippen molar-refractivity contribution in [3.05, 3.63) is 86.5 Å². The Labute approximate surface area is 189 Å². The number of thioether (sulfide) groups is 1. The number of aromatic nitrogens is 2. The number of aryl methyl sites for hydroxylation is 2. The van der Waals surface area contributed by atoms with E-state index in [4.69, 9.17) is 0 Å². The molecule has 0 spiro atoms. The molecular formula is C24H23N3O2S2. The topological polar surface area (TPSA) is 64.0 Å². The van der Waals surface area contributed by atoms with Crippen molar-refractivity contribution in [1.29, 1.82) is 0 Å². The number of hydrogen-bond donors (Lipinski definition) is 1. The molecule has 1 amide bonds. The van der Waals surface area contributed by atoms with Gasteiger partial charge in [-0.15, -0.1) is 11.3 Å². The van der Waals surface area contributed by atoms with E-state index in [0.717, 1.165) is 32.9 Å². The van der Waals surface area contributed by atoms with Crippen LogP contribution in [0.15, 0.2) is 64.5 Å². The quantitative estimate of drug-likeness (QED) is 0.335. The van der Waals surface area contributed by atoms with Gasteiger partial charge < -0.3 is 5.32 Å². The lowest BCUT2D eigenvalue weighted by Gasteiger charge is -2.12. The lowest BCUT2D eigenvalue weighted by atomic mass is 10.0. The van der Waals surface area contributed by atoms with Gasteiger partial charge in [0.05, 0.1) is 11.1 Å². The Kier molecular flexibility index (Phi) is 6.25. The lowest BCUT2D eigenvalue weighted by Crippen LogP contribution is -2.21. The highest BCUT2D eigenvalue weighted by atomic mass is 32.2. The Bertz CT molecular complexity index is 1310. The summed E-state index contributed by atoms with van der Waals surface area (Å²) in [5, 5.41) is 4.24. The normalized spacial score (nSPS) is 11.1. The molecule has 1 N–H and O–H groups in total. The first-order chi connectivity index (χ1) is 14.9. The Hall–Kier alpha value is -2.90. The number of thiophene rings is 1. The Morgan fingerprint density at radius 2 is 1.81 bits per heavy atom. The third kappa shape index (κ3) is 4.57. The van der Waals surface area contributed by atoms with Crippen molar-refractivity contribution in [3.63, 3.8) is 0 Å². The molecule has 0 aliphatic heterocycles. The maximum atomic E-state index is 12.8. The molecule has 0 aliphatic carbocycles. The van der Waals surface area contributed by atoms with Crippen LogP contribution in [0.5, 0.6) is 0 Å². The molecule has 4 aromatic rings. The molecule has 0 aliphatic rings. The molecule has 31 heavy (non-hydrogen) atoms. The van der Waals surface area contributed by atoms with Crippen molar-refractivity contribution >= 4 is 44.9 Å². The third-order valence-electron chi connectivity index (χ3n) is 5.23. The maximum Gasteiger partial charge on any atom is 0.262 e. The highest BCUT2D eigenvalue weighted by molar-refractivity contribution is 7.99. The van der Waals surface area contributed by atoms with Crippen molar-refractivity contribution in [3.8, 4) is 0 Å². The van der Waals surface area contributed by atoms with Gasteiger partial charge in [0.25, 0.3) is 5.56 Å². The van der Waals surface area contributed by atoms with E-state index in [0.29, 0.717) is 10.5 Å². The summed E-state index contributed by atoms with van der Waals surface area (Å²) in [7, 11) is 1.70. The van der Waals surface area contributed by atoms with E-state index in [1.165, 1.54) is 33.2 Å². The van der Waals surface area contributed by atoms with Gasteiger partial charge >= 0.3 is 0 Å². The number of carbonyl (C=O) groups is 1. The van der Waals surface area contributed by atoms with Gasteiger partial charge in [-0.2, -0.15) is 0 Å². The van der Waals surface area contributed by atoms with E-state index in [-0.39, 0.29) is 17.2 Å². The highest BCUT2D eigenvalue weighted by Crippen LogP contribution is 2.28. The summed E-state index contributed by atoms with van der Waals surface area (Å²) in [5.41, 5.74) is 3.97. The molecule has 2 aromatic carbocycles. The summed E-state index contributed by atoms with van der Waals surface area (Å²) in [6.07, 6.45) is 0.744. The fourth-order valence-corrected chi connectivity index (χ4v) is 5.26. The van der Waals surface area contributed by atoms with E-state index < -0.39 is 0 Å². The first kappa shape index (κ1) is 21.3. The second kappa shape index (κ2) is 9.08. The van der Waals surface area contributed by atoms with E-state index in [1.807, 2.05) is 56.3 Å². The molecule has 4 rings (SSSR count). The first-order valence-corrected chi connectivity index (χ1v) is 11.8. The Morgan fingerprint density at radius 1 is 1.10 bits per heavy atom. The number of hydrogen-bond acceptors (Lipinski definition) is 5. The van der Waals surface area contributed by atoms with E-state index in [2.05, 4.69) is 22.4 Å². The fourth-order valence-electron chi connectivity index (χ4n) is 3.41. The van der Waals surface area contributed by atoms with Gasteiger partial charge in [0, 0.05) is 17.6 Å². The third-order valence-corrected chi connectivity index (χ3v) is 7.36. The molecule has 0 fully saturated rings. The standard InChI is InChI=1S/C24H23N3O2S2/c1-15-16(2)31-22-21(15)23(29)27(3)24(26-22)30-14-20(28)25-19-12-8-7-11-18(19)13-17-9-5-4-6-10-17/h4-12H,13-14H2,1-3H3,(H,25,28). The van der Waals surface area contributed by atoms with Crippen molar-refractivity contribution < 1.29 is 4.79 Å². The first-order valence-electron chi connectivity index (χ1n) is 9.95. The summed E-state index contributed by atoms with van der Waals surface area (Å²) in [5.74, 6) is 0.0489. The second-order valence-electron chi connectivity index (χ2n) is 7.38. The second-order valence-corrected chi connectivity index (χ2v) is 9.52. The van der Waals surface area contributed by atoms with Gasteiger partial charge in [-0.1, -0.05) is 60.3 Å². The van der Waals surface area contributed by atoms with Crippen LogP contribution in [0, 0.1) is 13.8 Å². The van der Waals surface area contributed by atoms with Crippen LogP contribution in [0.4, 0.5) is 5.69 Å². The summed E-state index contributed by atoms with van der Waals surface area (Å²) >= 11 is 2.79. The van der Waals surface area contributed by atoms with Crippen LogP contribution in [0.1, 0.15) is 21.6 Å². The molecule has 7 heteroatoms. The average molecular weight is 450 g/mol. The number of rotatable bonds is 6. The van der Waals surface area contributed by atoms with Gasteiger partial charge in [-0.3, -0.25) is 14.2 Å².